The summed E-state index contributed by atoms with van der Waals surface area (Å²) in [6, 6.07) is 6.39. The quantitative estimate of drug-likeness (QED) is 0.717. The van der Waals surface area contributed by atoms with Gasteiger partial charge in [-0.3, -0.25) is 0 Å². The molecule has 0 radical (unpaired) electrons. The third-order valence-corrected chi connectivity index (χ3v) is 3.49. The average molecular weight is 304 g/mol. The van der Waals surface area contributed by atoms with Crippen LogP contribution in [0.25, 0.3) is 21.9 Å². The number of hydrogen-bond acceptors (Lipinski definition) is 6. The standard InChI is InChI=1S/C16H16O6/c1-16(2,19)14(17)8-21-13-7-20-12-6-11-9(5-10(12)13)3-4-15(18)22-11/h3-7,14,17,19H,8H2,1-2H3/t14-/m0/s1. The van der Waals surface area contributed by atoms with Crippen molar-refractivity contribution in [2.75, 3.05) is 6.61 Å². The number of hydrogen-bond donors (Lipinski definition) is 2. The van der Waals surface area contributed by atoms with Gasteiger partial charge in [-0.15, -0.1) is 0 Å². The minimum absolute atomic E-state index is 0.0694. The van der Waals surface area contributed by atoms with Crippen LogP contribution in [-0.2, 0) is 0 Å². The van der Waals surface area contributed by atoms with Crippen molar-refractivity contribution in [1.29, 1.82) is 0 Å². The fourth-order valence-electron chi connectivity index (χ4n) is 2.05. The molecule has 6 heteroatoms. The summed E-state index contributed by atoms with van der Waals surface area (Å²) in [7, 11) is 0. The first-order valence-electron chi connectivity index (χ1n) is 6.83. The first kappa shape index (κ1) is 14.6. The van der Waals surface area contributed by atoms with Crippen molar-refractivity contribution >= 4 is 21.9 Å². The summed E-state index contributed by atoms with van der Waals surface area (Å²) in [5, 5.41) is 20.9. The predicted octanol–water partition coefficient (Wildman–Crippen LogP) is 2.05. The first-order valence-corrected chi connectivity index (χ1v) is 6.83. The molecule has 0 unspecified atom stereocenters. The Hall–Kier alpha value is -2.31. The Labute approximate surface area is 125 Å². The molecule has 0 saturated heterocycles. The number of aliphatic hydroxyl groups excluding tert-OH is 1. The lowest BCUT2D eigenvalue weighted by Gasteiger charge is -2.24. The highest BCUT2D eigenvalue weighted by atomic mass is 16.5. The highest BCUT2D eigenvalue weighted by Crippen LogP contribution is 2.31. The molecule has 2 heterocycles. The molecule has 3 rings (SSSR count). The molecule has 2 aromatic heterocycles. The highest BCUT2D eigenvalue weighted by molar-refractivity contribution is 5.96. The molecule has 22 heavy (non-hydrogen) atoms. The Morgan fingerprint density at radius 1 is 1.27 bits per heavy atom. The van der Waals surface area contributed by atoms with Gasteiger partial charge in [0.25, 0.3) is 0 Å². The molecule has 0 aliphatic carbocycles. The maximum absolute atomic E-state index is 11.2. The number of benzene rings is 1. The molecule has 2 N–H and O–H groups in total. The fourth-order valence-corrected chi connectivity index (χ4v) is 2.05. The zero-order valence-corrected chi connectivity index (χ0v) is 12.2. The van der Waals surface area contributed by atoms with Crippen LogP contribution in [0.15, 0.2) is 44.2 Å². The monoisotopic (exact) mass is 304 g/mol. The summed E-state index contributed by atoms with van der Waals surface area (Å²) in [5.74, 6) is 0.450. The number of ether oxygens (including phenoxy) is 1. The highest BCUT2D eigenvalue weighted by Gasteiger charge is 2.25. The molecular formula is C16H16O6. The van der Waals surface area contributed by atoms with E-state index < -0.39 is 17.3 Å². The molecule has 0 aliphatic heterocycles. The van der Waals surface area contributed by atoms with Crippen LogP contribution in [0.4, 0.5) is 0 Å². The Kier molecular flexibility index (Phi) is 3.42. The van der Waals surface area contributed by atoms with Crippen molar-refractivity contribution in [2.45, 2.75) is 25.6 Å². The van der Waals surface area contributed by atoms with E-state index in [0.29, 0.717) is 22.3 Å². The summed E-state index contributed by atoms with van der Waals surface area (Å²) in [4.78, 5) is 11.2. The van der Waals surface area contributed by atoms with Crippen molar-refractivity contribution in [1.82, 2.24) is 0 Å². The van der Waals surface area contributed by atoms with Gasteiger partial charge in [-0.2, -0.15) is 0 Å². The first-order chi connectivity index (χ1) is 10.3. The van der Waals surface area contributed by atoms with Gasteiger partial charge in [-0.25, -0.2) is 4.79 Å². The zero-order valence-electron chi connectivity index (χ0n) is 12.2. The average Bonchev–Trinajstić information content (AvgIpc) is 2.83. The van der Waals surface area contributed by atoms with Crippen LogP contribution in [0, 0.1) is 0 Å². The molecule has 0 saturated carbocycles. The van der Waals surface area contributed by atoms with E-state index in [2.05, 4.69) is 0 Å². The van der Waals surface area contributed by atoms with Gasteiger partial charge in [-0.1, -0.05) is 0 Å². The van der Waals surface area contributed by atoms with Crippen molar-refractivity contribution in [3.05, 3.63) is 40.9 Å². The van der Waals surface area contributed by atoms with Crippen LogP contribution in [0.5, 0.6) is 5.75 Å². The SMILES string of the molecule is CC(C)(O)[C@@H](O)COc1coc2cc3oc(=O)ccc3cc12. The minimum atomic E-state index is -1.25. The van der Waals surface area contributed by atoms with Crippen molar-refractivity contribution in [3.63, 3.8) is 0 Å². The summed E-state index contributed by atoms with van der Waals surface area (Å²) in [6.07, 6.45) is 0.384. The van der Waals surface area contributed by atoms with Gasteiger partial charge in [0.05, 0.1) is 11.0 Å². The number of fused-ring (bicyclic) bond motifs is 2. The molecule has 1 aromatic carbocycles. The molecule has 0 bridgehead atoms. The van der Waals surface area contributed by atoms with Gasteiger partial charge in [0.1, 0.15) is 30.1 Å². The Bertz CT molecular complexity index is 868. The third-order valence-electron chi connectivity index (χ3n) is 3.49. The molecule has 0 fully saturated rings. The summed E-state index contributed by atoms with van der Waals surface area (Å²) < 4.78 is 16.0. The lowest BCUT2D eigenvalue weighted by atomic mass is 10.0. The van der Waals surface area contributed by atoms with E-state index in [1.54, 1.807) is 18.2 Å². The zero-order chi connectivity index (χ0) is 15.9. The lowest BCUT2D eigenvalue weighted by molar-refractivity contribution is -0.0660. The van der Waals surface area contributed by atoms with E-state index in [1.807, 2.05) is 0 Å². The number of aliphatic hydroxyl groups is 2. The maximum atomic E-state index is 11.2. The molecule has 0 amide bonds. The van der Waals surface area contributed by atoms with Gasteiger partial charge >= 0.3 is 5.63 Å². The Morgan fingerprint density at radius 2 is 2.05 bits per heavy atom. The van der Waals surface area contributed by atoms with Crippen LogP contribution in [0.2, 0.25) is 0 Å². The molecular weight excluding hydrogens is 288 g/mol. The van der Waals surface area contributed by atoms with Gasteiger partial charge in [0.2, 0.25) is 0 Å². The van der Waals surface area contributed by atoms with E-state index in [4.69, 9.17) is 13.6 Å². The summed E-state index contributed by atoms with van der Waals surface area (Å²) >= 11 is 0. The normalized spacial score (nSPS) is 13.6. The minimum Gasteiger partial charge on any atom is -0.487 e. The Balaban J connectivity index is 1.94. The van der Waals surface area contributed by atoms with Crippen LogP contribution in [0.1, 0.15) is 13.8 Å². The molecule has 116 valence electrons. The number of furan rings is 1. The fraction of sp³-hybridized carbons (Fsp3) is 0.312. The van der Waals surface area contributed by atoms with Crippen molar-refractivity contribution < 1.29 is 23.8 Å². The van der Waals surface area contributed by atoms with Crippen molar-refractivity contribution in [2.24, 2.45) is 0 Å². The number of rotatable bonds is 4. The summed E-state index contributed by atoms with van der Waals surface area (Å²) in [6.45, 7) is 2.94. The maximum Gasteiger partial charge on any atom is 0.336 e. The second-order valence-corrected chi connectivity index (χ2v) is 5.72. The van der Waals surface area contributed by atoms with E-state index >= 15 is 0 Å². The second kappa shape index (κ2) is 5.15. The van der Waals surface area contributed by atoms with Crippen LogP contribution in [0.3, 0.4) is 0 Å². The predicted molar refractivity (Wildman–Crippen MR) is 80.1 cm³/mol. The molecule has 0 spiro atoms. The Morgan fingerprint density at radius 3 is 2.77 bits per heavy atom. The van der Waals surface area contributed by atoms with Gasteiger partial charge in [0, 0.05) is 17.5 Å². The van der Waals surface area contributed by atoms with Crippen molar-refractivity contribution in [3.8, 4) is 5.75 Å². The van der Waals surface area contributed by atoms with Crippen LogP contribution < -0.4 is 10.4 Å². The largest absolute Gasteiger partial charge is 0.487 e. The topological polar surface area (TPSA) is 93.0 Å². The molecule has 6 nitrogen and oxygen atoms in total. The second-order valence-electron chi connectivity index (χ2n) is 5.72. The molecule has 3 aromatic rings. The lowest BCUT2D eigenvalue weighted by Crippen LogP contribution is -2.40. The van der Waals surface area contributed by atoms with Crippen LogP contribution in [-0.4, -0.2) is 28.5 Å². The van der Waals surface area contributed by atoms with Gasteiger partial charge < -0.3 is 23.8 Å². The van der Waals surface area contributed by atoms with E-state index in [9.17, 15) is 15.0 Å². The van der Waals surface area contributed by atoms with E-state index in [0.717, 1.165) is 5.39 Å². The van der Waals surface area contributed by atoms with Gasteiger partial charge in [0.15, 0.2) is 5.75 Å². The summed E-state index contributed by atoms with van der Waals surface area (Å²) in [5.41, 5.74) is -0.745. The van der Waals surface area contributed by atoms with E-state index in [1.165, 1.54) is 26.2 Å². The third kappa shape index (κ3) is 2.70. The molecule has 1 atom stereocenters. The smallest absolute Gasteiger partial charge is 0.336 e. The van der Waals surface area contributed by atoms with Gasteiger partial charge in [-0.05, 0) is 26.0 Å². The van der Waals surface area contributed by atoms with E-state index in [-0.39, 0.29) is 6.61 Å². The van der Waals surface area contributed by atoms with Crippen LogP contribution >= 0.6 is 0 Å². The molecule has 0 aliphatic rings.